The van der Waals surface area contributed by atoms with E-state index in [4.69, 9.17) is 10.5 Å². The van der Waals surface area contributed by atoms with E-state index in [0.717, 1.165) is 19.6 Å². The molecular formula is C15H22FN3O2. The number of halogens is 1. The number of nitrogens with two attached hydrogens (primary N) is 1. The van der Waals surface area contributed by atoms with Crippen LogP contribution in [0.3, 0.4) is 0 Å². The lowest BCUT2D eigenvalue weighted by Crippen LogP contribution is -2.44. The Morgan fingerprint density at radius 2 is 2.33 bits per heavy atom. The van der Waals surface area contributed by atoms with Crippen molar-refractivity contribution in [3.8, 4) is 0 Å². The van der Waals surface area contributed by atoms with Gasteiger partial charge in [0, 0.05) is 19.7 Å². The van der Waals surface area contributed by atoms with Crippen LogP contribution in [-0.4, -0.2) is 42.6 Å². The maximum absolute atomic E-state index is 13.0. The average Bonchev–Trinajstić information content (AvgIpc) is 2.65. The first kappa shape index (κ1) is 15.7. The van der Waals surface area contributed by atoms with Crippen molar-refractivity contribution in [2.24, 2.45) is 0 Å². The van der Waals surface area contributed by atoms with E-state index in [9.17, 15) is 9.18 Å². The van der Waals surface area contributed by atoms with Gasteiger partial charge in [0.15, 0.2) is 0 Å². The Morgan fingerprint density at radius 1 is 1.57 bits per heavy atom. The molecule has 2 rings (SSSR count). The van der Waals surface area contributed by atoms with Gasteiger partial charge in [-0.15, -0.1) is 0 Å². The summed E-state index contributed by atoms with van der Waals surface area (Å²) >= 11 is 0. The number of hydrogen-bond acceptors (Lipinski definition) is 4. The van der Waals surface area contributed by atoms with E-state index in [1.165, 1.54) is 18.2 Å². The standard InChI is InChI=1S/C15H22FN3O2/c1-10-9-19(6-3-7-21-10)11(2)15(20)18-14-5-4-12(16)8-13(14)17/h4-5,8,10-11H,3,6-7,9,17H2,1-2H3,(H,18,20). The van der Waals surface area contributed by atoms with Gasteiger partial charge in [-0.3, -0.25) is 9.69 Å². The summed E-state index contributed by atoms with van der Waals surface area (Å²) in [6.07, 6.45) is 1.01. The fourth-order valence-electron chi connectivity index (χ4n) is 2.43. The fraction of sp³-hybridized carbons (Fsp3) is 0.533. The molecule has 0 radical (unpaired) electrons. The van der Waals surface area contributed by atoms with Crippen LogP contribution >= 0.6 is 0 Å². The van der Waals surface area contributed by atoms with Crippen molar-refractivity contribution in [1.82, 2.24) is 4.90 Å². The van der Waals surface area contributed by atoms with Gasteiger partial charge >= 0.3 is 0 Å². The number of carbonyl (C=O) groups excluding carboxylic acids is 1. The van der Waals surface area contributed by atoms with E-state index < -0.39 is 5.82 Å². The summed E-state index contributed by atoms with van der Waals surface area (Å²) in [5.41, 5.74) is 6.37. The van der Waals surface area contributed by atoms with Crippen LogP contribution in [0, 0.1) is 5.82 Å². The van der Waals surface area contributed by atoms with Gasteiger partial charge in [0.25, 0.3) is 0 Å². The number of nitrogens with zero attached hydrogens (tertiary/aromatic N) is 1. The first-order valence-electron chi connectivity index (χ1n) is 7.19. The van der Waals surface area contributed by atoms with E-state index in [2.05, 4.69) is 10.2 Å². The molecule has 6 heteroatoms. The molecule has 116 valence electrons. The zero-order valence-electron chi connectivity index (χ0n) is 12.4. The number of carbonyl (C=O) groups is 1. The molecule has 1 heterocycles. The largest absolute Gasteiger partial charge is 0.397 e. The first-order chi connectivity index (χ1) is 9.97. The van der Waals surface area contributed by atoms with Crippen molar-refractivity contribution in [3.63, 3.8) is 0 Å². The van der Waals surface area contributed by atoms with Crippen LogP contribution in [0.25, 0.3) is 0 Å². The minimum Gasteiger partial charge on any atom is -0.397 e. The molecular weight excluding hydrogens is 273 g/mol. The molecule has 1 saturated heterocycles. The predicted molar refractivity (Wildman–Crippen MR) is 80.5 cm³/mol. The fourth-order valence-corrected chi connectivity index (χ4v) is 2.43. The smallest absolute Gasteiger partial charge is 0.241 e. The van der Waals surface area contributed by atoms with Crippen LogP contribution < -0.4 is 11.1 Å². The number of amides is 1. The average molecular weight is 295 g/mol. The third-order valence-corrected chi connectivity index (χ3v) is 3.68. The monoisotopic (exact) mass is 295 g/mol. The summed E-state index contributed by atoms with van der Waals surface area (Å²) in [5.74, 6) is -0.570. The lowest BCUT2D eigenvalue weighted by Gasteiger charge is -2.27. The lowest BCUT2D eigenvalue weighted by atomic mass is 10.2. The first-order valence-corrected chi connectivity index (χ1v) is 7.19. The molecule has 2 unspecified atom stereocenters. The third kappa shape index (κ3) is 4.15. The van der Waals surface area contributed by atoms with Crippen LogP contribution in [0.5, 0.6) is 0 Å². The summed E-state index contributed by atoms with van der Waals surface area (Å²) in [6.45, 7) is 6.11. The van der Waals surface area contributed by atoms with Crippen LogP contribution in [0.2, 0.25) is 0 Å². The van der Waals surface area contributed by atoms with E-state index in [-0.39, 0.29) is 23.7 Å². The molecule has 5 nitrogen and oxygen atoms in total. The Labute approximate surface area is 124 Å². The van der Waals surface area contributed by atoms with Crippen molar-refractivity contribution in [2.45, 2.75) is 32.4 Å². The van der Waals surface area contributed by atoms with Gasteiger partial charge < -0.3 is 15.8 Å². The van der Waals surface area contributed by atoms with Gasteiger partial charge in [-0.1, -0.05) is 0 Å². The van der Waals surface area contributed by atoms with Gasteiger partial charge in [-0.05, 0) is 38.5 Å². The second-order valence-corrected chi connectivity index (χ2v) is 5.43. The second-order valence-electron chi connectivity index (χ2n) is 5.43. The number of nitrogen functional groups attached to an aromatic ring is 1. The summed E-state index contributed by atoms with van der Waals surface area (Å²) in [6, 6.07) is 3.66. The highest BCUT2D eigenvalue weighted by atomic mass is 19.1. The Morgan fingerprint density at radius 3 is 3.05 bits per heavy atom. The Balaban J connectivity index is 2.01. The molecule has 21 heavy (non-hydrogen) atoms. The number of nitrogens with one attached hydrogen (secondary N) is 1. The van der Waals surface area contributed by atoms with Crippen molar-refractivity contribution >= 4 is 17.3 Å². The molecule has 1 aromatic rings. The highest BCUT2D eigenvalue weighted by Gasteiger charge is 2.25. The number of anilines is 2. The topological polar surface area (TPSA) is 67.6 Å². The normalized spacial score (nSPS) is 21.6. The molecule has 1 aliphatic heterocycles. The molecule has 3 N–H and O–H groups in total. The van der Waals surface area contributed by atoms with E-state index in [1.807, 2.05) is 13.8 Å². The summed E-state index contributed by atoms with van der Waals surface area (Å²) < 4.78 is 18.6. The molecule has 1 amide bonds. The second kappa shape index (κ2) is 6.87. The number of hydrogen-bond donors (Lipinski definition) is 2. The third-order valence-electron chi connectivity index (χ3n) is 3.68. The molecule has 0 bridgehead atoms. The van der Waals surface area contributed by atoms with Crippen LogP contribution in [0.1, 0.15) is 20.3 Å². The Bertz CT molecular complexity index is 510. The molecule has 1 aromatic carbocycles. The zero-order valence-corrected chi connectivity index (χ0v) is 12.4. The predicted octanol–water partition coefficient (Wildman–Crippen LogP) is 1.85. The van der Waals surface area contributed by atoms with E-state index in [0.29, 0.717) is 12.2 Å². The van der Waals surface area contributed by atoms with Crippen molar-refractivity contribution in [2.75, 3.05) is 30.7 Å². The summed E-state index contributed by atoms with van der Waals surface area (Å²) in [7, 11) is 0. The molecule has 0 saturated carbocycles. The number of ether oxygens (including phenoxy) is 1. The van der Waals surface area contributed by atoms with Crippen molar-refractivity contribution in [1.29, 1.82) is 0 Å². The molecule has 0 spiro atoms. The SMILES string of the molecule is CC1CN(C(C)C(=O)Nc2ccc(F)cc2N)CCCO1. The highest BCUT2D eigenvalue weighted by Crippen LogP contribution is 2.20. The van der Waals surface area contributed by atoms with Crippen molar-refractivity contribution in [3.05, 3.63) is 24.0 Å². The van der Waals surface area contributed by atoms with Gasteiger partial charge in [0.05, 0.1) is 23.5 Å². The Hall–Kier alpha value is -1.66. The summed E-state index contributed by atoms with van der Waals surface area (Å²) in [5, 5.41) is 2.76. The van der Waals surface area contributed by atoms with Gasteiger partial charge in [0.2, 0.25) is 5.91 Å². The Kier molecular flexibility index (Phi) is 5.14. The molecule has 0 aromatic heterocycles. The zero-order chi connectivity index (χ0) is 15.4. The lowest BCUT2D eigenvalue weighted by molar-refractivity contribution is -0.121. The summed E-state index contributed by atoms with van der Waals surface area (Å²) in [4.78, 5) is 14.4. The van der Waals surface area contributed by atoms with Gasteiger partial charge in [0.1, 0.15) is 5.82 Å². The maximum atomic E-state index is 13.0. The van der Waals surface area contributed by atoms with Crippen LogP contribution in [0.15, 0.2) is 18.2 Å². The number of benzene rings is 1. The molecule has 2 atom stereocenters. The minimum atomic E-state index is -0.419. The number of rotatable bonds is 3. The molecule has 0 aliphatic carbocycles. The molecule has 1 aliphatic rings. The minimum absolute atomic E-state index is 0.110. The van der Waals surface area contributed by atoms with Gasteiger partial charge in [-0.2, -0.15) is 0 Å². The highest BCUT2D eigenvalue weighted by molar-refractivity contribution is 5.97. The quantitative estimate of drug-likeness (QED) is 0.835. The van der Waals surface area contributed by atoms with Crippen LogP contribution in [-0.2, 0) is 9.53 Å². The van der Waals surface area contributed by atoms with Gasteiger partial charge in [-0.25, -0.2) is 4.39 Å². The maximum Gasteiger partial charge on any atom is 0.241 e. The van der Waals surface area contributed by atoms with Crippen LogP contribution in [0.4, 0.5) is 15.8 Å². The van der Waals surface area contributed by atoms with E-state index >= 15 is 0 Å². The van der Waals surface area contributed by atoms with E-state index in [1.54, 1.807) is 0 Å². The molecule has 1 fully saturated rings. The van der Waals surface area contributed by atoms with Crippen molar-refractivity contribution < 1.29 is 13.9 Å².